The van der Waals surface area contributed by atoms with Gasteiger partial charge in [0, 0.05) is 26.6 Å². The molecule has 0 unspecified atom stereocenters. The highest BCUT2D eigenvalue weighted by Gasteiger charge is 2.17. The van der Waals surface area contributed by atoms with Crippen LogP contribution in [-0.4, -0.2) is 32.5 Å². The van der Waals surface area contributed by atoms with Gasteiger partial charge in [0.2, 0.25) is 5.91 Å². The van der Waals surface area contributed by atoms with E-state index in [0.717, 1.165) is 43.3 Å². The number of aryl methyl sites for hydroxylation is 1. The molecule has 0 bridgehead atoms. The smallest absolute Gasteiger partial charge is 0.217 e. The summed E-state index contributed by atoms with van der Waals surface area (Å²) in [5.74, 6) is 0.705. The minimum atomic E-state index is -0.0605. The molecule has 1 amide bonds. The van der Waals surface area contributed by atoms with Gasteiger partial charge < -0.3 is 15.2 Å². The number of hydrogen-bond donors (Lipinski definition) is 2. The Morgan fingerprint density at radius 3 is 2.81 bits per heavy atom. The summed E-state index contributed by atoms with van der Waals surface area (Å²) in [4.78, 5) is 26.2. The van der Waals surface area contributed by atoms with E-state index in [-0.39, 0.29) is 11.9 Å². The SMILES string of the molecule is CNc1nc2sc(-c3cccc([C@@H](C)NC(C)=O)c3)nc2c2c1ncn2C. The third-order valence-electron chi connectivity index (χ3n) is 4.50. The molecule has 7 nitrogen and oxygen atoms in total. The molecule has 2 N–H and O–H groups in total. The number of pyridine rings is 1. The number of fused-ring (bicyclic) bond motifs is 3. The Morgan fingerprint density at radius 1 is 1.26 bits per heavy atom. The van der Waals surface area contributed by atoms with Crippen LogP contribution in [0.15, 0.2) is 30.6 Å². The average Bonchev–Trinajstić information content (AvgIpc) is 3.24. The van der Waals surface area contributed by atoms with Crippen molar-refractivity contribution < 1.29 is 4.79 Å². The van der Waals surface area contributed by atoms with Crippen molar-refractivity contribution in [3.8, 4) is 10.6 Å². The molecule has 1 aromatic carbocycles. The van der Waals surface area contributed by atoms with E-state index in [9.17, 15) is 4.79 Å². The van der Waals surface area contributed by atoms with Crippen LogP contribution in [-0.2, 0) is 11.8 Å². The summed E-state index contributed by atoms with van der Waals surface area (Å²) in [6.07, 6.45) is 1.78. The van der Waals surface area contributed by atoms with Crippen molar-refractivity contribution in [1.29, 1.82) is 0 Å². The van der Waals surface area contributed by atoms with Crippen LogP contribution in [0.5, 0.6) is 0 Å². The Balaban J connectivity index is 1.84. The molecule has 1 atom stereocenters. The Labute approximate surface area is 160 Å². The third kappa shape index (κ3) is 3.02. The number of nitrogens with one attached hydrogen (secondary N) is 2. The van der Waals surface area contributed by atoms with E-state index in [1.807, 2.05) is 43.8 Å². The van der Waals surface area contributed by atoms with Gasteiger partial charge in [-0.3, -0.25) is 4.79 Å². The predicted molar refractivity (Wildman–Crippen MR) is 109 cm³/mol. The molecule has 27 heavy (non-hydrogen) atoms. The lowest BCUT2D eigenvalue weighted by Crippen LogP contribution is -2.23. The van der Waals surface area contributed by atoms with Gasteiger partial charge in [-0.2, -0.15) is 0 Å². The molecule has 0 aliphatic heterocycles. The van der Waals surface area contributed by atoms with Crippen LogP contribution >= 0.6 is 11.3 Å². The first kappa shape index (κ1) is 17.4. The topological polar surface area (TPSA) is 84.7 Å². The molecule has 4 aromatic rings. The average molecular weight is 380 g/mol. The summed E-state index contributed by atoms with van der Waals surface area (Å²) < 4.78 is 1.97. The fourth-order valence-electron chi connectivity index (χ4n) is 3.21. The van der Waals surface area contributed by atoms with Crippen LogP contribution < -0.4 is 10.6 Å². The third-order valence-corrected chi connectivity index (χ3v) is 5.50. The summed E-state index contributed by atoms with van der Waals surface area (Å²) in [5.41, 5.74) is 4.68. The van der Waals surface area contributed by atoms with Gasteiger partial charge in [0.25, 0.3) is 0 Å². The highest BCUT2D eigenvalue weighted by atomic mass is 32.1. The molecule has 0 spiro atoms. The first-order valence-electron chi connectivity index (χ1n) is 8.64. The lowest BCUT2D eigenvalue weighted by atomic mass is 10.1. The zero-order valence-corrected chi connectivity index (χ0v) is 16.4. The molecule has 4 rings (SSSR count). The van der Waals surface area contributed by atoms with Crippen molar-refractivity contribution in [3.63, 3.8) is 0 Å². The van der Waals surface area contributed by atoms with Crippen molar-refractivity contribution in [3.05, 3.63) is 36.2 Å². The van der Waals surface area contributed by atoms with E-state index >= 15 is 0 Å². The highest BCUT2D eigenvalue weighted by molar-refractivity contribution is 7.21. The van der Waals surface area contributed by atoms with Gasteiger partial charge in [0.05, 0.1) is 12.4 Å². The maximum Gasteiger partial charge on any atom is 0.217 e. The Morgan fingerprint density at radius 2 is 2.07 bits per heavy atom. The molecular formula is C19H20N6OS. The molecule has 0 radical (unpaired) electrons. The Kier molecular flexibility index (Phi) is 4.27. The van der Waals surface area contributed by atoms with Crippen LogP contribution in [0.25, 0.3) is 32.0 Å². The second-order valence-corrected chi connectivity index (χ2v) is 7.46. The zero-order valence-electron chi connectivity index (χ0n) is 15.6. The number of amides is 1. The van der Waals surface area contributed by atoms with Gasteiger partial charge in [-0.05, 0) is 18.6 Å². The van der Waals surface area contributed by atoms with Gasteiger partial charge in [0.1, 0.15) is 26.4 Å². The predicted octanol–water partition coefficient (Wildman–Crippen LogP) is 3.48. The number of nitrogens with zero attached hydrogens (tertiary/aromatic N) is 4. The fraction of sp³-hybridized carbons (Fsp3) is 0.263. The summed E-state index contributed by atoms with van der Waals surface area (Å²) in [7, 11) is 3.81. The number of imidazole rings is 1. The summed E-state index contributed by atoms with van der Waals surface area (Å²) in [5, 5.41) is 6.93. The van der Waals surface area contributed by atoms with E-state index in [2.05, 4.69) is 21.7 Å². The van der Waals surface area contributed by atoms with E-state index in [1.165, 1.54) is 6.92 Å². The number of aromatic nitrogens is 4. The molecule has 0 saturated carbocycles. The first-order valence-corrected chi connectivity index (χ1v) is 9.46. The fourth-order valence-corrected chi connectivity index (χ4v) is 4.15. The minimum absolute atomic E-state index is 0.0460. The van der Waals surface area contributed by atoms with Gasteiger partial charge in [-0.1, -0.05) is 29.5 Å². The monoisotopic (exact) mass is 380 g/mol. The maximum absolute atomic E-state index is 11.3. The van der Waals surface area contributed by atoms with Crippen LogP contribution in [0.4, 0.5) is 5.82 Å². The number of benzene rings is 1. The molecule has 138 valence electrons. The first-order chi connectivity index (χ1) is 13.0. The van der Waals surface area contributed by atoms with Crippen molar-refractivity contribution in [2.75, 3.05) is 12.4 Å². The van der Waals surface area contributed by atoms with Crippen molar-refractivity contribution in [2.24, 2.45) is 7.05 Å². The van der Waals surface area contributed by atoms with Gasteiger partial charge in [-0.15, -0.1) is 0 Å². The van der Waals surface area contributed by atoms with E-state index in [0.29, 0.717) is 0 Å². The van der Waals surface area contributed by atoms with Crippen molar-refractivity contribution in [1.82, 2.24) is 24.8 Å². The number of rotatable bonds is 4. The second-order valence-electron chi connectivity index (χ2n) is 6.48. The van der Waals surface area contributed by atoms with Crippen LogP contribution in [0.1, 0.15) is 25.5 Å². The quantitative estimate of drug-likeness (QED) is 0.566. The van der Waals surface area contributed by atoms with E-state index < -0.39 is 0 Å². The summed E-state index contributed by atoms with van der Waals surface area (Å²) in [6, 6.07) is 8.03. The summed E-state index contributed by atoms with van der Waals surface area (Å²) in [6.45, 7) is 3.50. The van der Waals surface area contributed by atoms with E-state index in [1.54, 1.807) is 17.7 Å². The molecule has 0 fully saturated rings. The zero-order chi connectivity index (χ0) is 19.1. The van der Waals surface area contributed by atoms with Crippen LogP contribution in [0.3, 0.4) is 0 Å². The molecule has 0 aliphatic rings. The highest BCUT2D eigenvalue weighted by Crippen LogP contribution is 2.35. The largest absolute Gasteiger partial charge is 0.371 e. The molecule has 8 heteroatoms. The Bertz CT molecular complexity index is 1160. The van der Waals surface area contributed by atoms with Gasteiger partial charge >= 0.3 is 0 Å². The van der Waals surface area contributed by atoms with Gasteiger partial charge in [0.15, 0.2) is 5.82 Å². The standard InChI is InChI=1S/C19H20N6OS/c1-10(22-11(2)26)12-6-5-7-13(8-12)18-23-15-16-14(21-9-25(16)4)17(20-3)24-19(15)27-18/h5-10H,1-4H3,(H,20,24)(H,22,26)/t10-/m1/s1. The maximum atomic E-state index is 11.3. The molecule has 3 aromatic heterocycles. The van der Waals surface area contributed by atoms with Crippen LogP contribution in [0.2, 0.25) is 0 Å². The van der Waals surface area contributed by atoms with Crippen molar-refractivity contribution in [2.45, 2.75) is 19.9 Å². The molecule has 3 heterocycles. The second kappa shape index (κ2) is 6.62. The van der Waals surface area contributed by atoms with E-state index in [4.69, 9.17) is 9.97 Å². The van der Waals surface area contributed by atoms with Crippen molar-refractivity contribution >= 4 is 44.4 Å². The Hall–Kier alpha value is -3.00. The molecular weight excluding hydrogens is 360 g/mol. The lowest BCUT2D eigenvalue weighted by Gasteiger charge is -2.13. The van der Waals surface area contributed by atoms with Crippen LogP contribution in [0, 0.1) is 0 Å². The van der Waals surface area contributed by atoms with Gasteiger partial charge in [-0.25, -0.2) is 15.0 Å². The molecule has 0 saturated heterocycles. The summed E-state index contributed by atoms with van der Waals surface area (Å²) >= 11 is 1.55. The number of carbonyl (C=O) groups is 1. The number of hydrogen-bond acceptors (Lipinski definition) is 6. The number of thiazole rings is 1. The minimum Gasteiger partial charge on any atom is -0.371 e. The molecule has 0 aliphatic carbocycles. The number of carbonyl (C=O) groups excluding carboxylic acids is 1. The number of anilines is 1. The normalized spacial score (nSPS) is 12.4. The lowest BCUT2D eigenvalue weighted by molar-refractivity contribution is -0.119.